The predicted molar refractivity (Wildman–Crippen MR) is 83.9 cm³/mol. The summed E-state index contributed by atoms with van der Waals surface area (Å²) in [6.07, 6.45) is 0.994. The monoisotopic (exact) mass is 335 g/mol. The minimum absolute atomic E-state index is 0.0193. The third-order valence-corrected chi connectivity index (χ3v) is 4.19. The lowest BCUT2D eigenvalue weighted by Crippen LogP contribution is -2.18. The summed E-state index contributed by atoms with van der Waals surface area (Å²) in [6.45, 7) is 1.83. The average molecular weight is 335 g/mol. The number of hydrogen-bond donors (Lipinski definition) is 2. The van der Waals surface area contributed by atoms with E-state index < -0.39 is 26.4 Å². The molecule has 2 aromatic rings. The van der Waals surface area contributed by atoms with Crippen LogP contribution in [-0.2, 0) is 10.0 Å². The zero-order chi connectivity index (χ0) is 17.0. The number of rotatable bonds is 5. The Hall–Kier alpha value is -2.94. The normalized spacial score (nSPS) is 11.5. The maximum absolute atomic E-state index is 12.0. The first-order chi connectivity index (χ1) is 10.8. The second-order valence-electron chi connectivity index (χ2n) is 4.64. The largest absolute Gasteiger partial charge is 0.502 e. The number of phenols is 1. The molecule has 0 atom stereocenters. The van der Waals surface area contributed by atoms with Crippen molar-refractivity contribution in [3.8, 4) is 5.75 Å². The second kappa shape index (κ2) is 6.44. The van der Waals surface area contributed by atoms with E-state index in [0.717, 1.165) is 17.8 Å². The van der Waals surface area contributed by atoms with Gasteiger partial charge in [0.15, 0.2) is 0 Å². The molecule has 2 N–H and O–H groups in total. The zero-order valence-corrected chi connectivity index (χ0v) is 12.8. The molecule has 0 fully saturated rings. The number of nitro groups is 1. The smallest absolute Gasteiger partial charge is 0.311 e. The molecule has 0 aliphatic carbocycles. The first kappa shape index (κ1) is 16.4. The van der Waals surface area contributed by atoms with Crippen molar-refractivity contribution >= 4 is 21.9 Å². The highest BCUT2D eigenvalue weighted by molar-refractivity contribution is 7.89. The topological polar surface area (TPSA) is 122 Å². The number of nitrogens with one attached hydrogen (secondary N) is 1. The number of aromatic hydroxyl groups is 1. The second-order valence-corrected chi connectivity index (χ2v) is 6.30. The van der Waals surface area contributed by atoms with Crippen molar-refractivity contribution in [1.29, 1.82) is 0 Å². The van der Waals surface area contributed by atoms with E-state index in [1.165, 1.54) is 24.3 Å². The van der Waals surface area contributed by atoms with Crippen LogP contribution in [0.2, 0.25) is 0 Å². The molecule has 0 heterocycles. The summed E-state index contributed by atoms with van der Waals surface area (Å²) in [5, 5.41) is 24.0. The third kappa shape index (κ3) is 3.83. The van der Waals surface area contributed by atoms with Crippen molar-refractivity contribution in [2.24, 2.45) is 5.10 Å². The standard InChI is InChI=1S/C14H13N3O5S/c1-10-5-7-12(8-6-10)23(21,22)16-15-9-11-3-2-4-13(14(11)18)17(19)20/h2-9,16,18H,1H3/b15-9-. The SMILES string of the molecule is Cc1ccc(S(=O)(=O)N/N=C\c2cccc([N+](=O)[O-])c2O)cc1. The summed E-state index contributed by atoms with van der Waals surface area (Å²) < 4.78 is 24.0. The highest BCUT2D eigenvalue weighted by atomic mass is 32.2. The van der Waals surface area contributed by atoms with Crippen LogP contribution in [-0.4, -0.2) is 24.7 Å². The summed E-state index contributed by atoms with van der Waals surface area (Å²) in [5.41, 5.74) is 0.440. The molecule has 0 aliphatic rings. The molecule has 23 heavy (non-hydrogen) atoms. The molecule has 0 aromatic heterocycles. The fourth-order valence-electron chi connectivity index (χ4n) is 1.74. The lowest BCUT2D eigenvalue weighted by Gasteiger charge is -2.04. The number of nitrogens with zero attached hydrogens (tertiary/aromatic N) is 2. The van der Waals surface area contributed by atoms with Crippen LogP contribution in [0.1, 0.15) is 11.1 Å². The first-order valence-corrected chi connectivity index (χ1v) is 7.87. The van der Waals surface area contributed by atoms with Crippen LogP contribution in [0.15, 0.2) is 52.5 Å². The lowest BCUT2D eigenvalue weighted by atomic mass is 10.2. The molecule has 8 nitrogen and oxygen atoms in total. The van der Waals surface area contributed by atoms with Crippen LogP contribution in [0.3, 0.4) is 0 Å². The van der Waals surface area contributed by atoms with Gasteiger partial charge in [-0.25, -0.2) is 4.83 Å². The van der Waals surface area contributed by atoms with E-state index in [2.05, 4.69) is 5.10 Å². The van der Waals surface area contributed by atoms with E-state index >= 15 is 0 Å². The highest BCUT2D eigenvalue weighted by Crippen LogP contribution is 2.27. The molecule has 0 saturated heterocycles. The third-order valence-electron chi connectivity index (χ3n) is 2.95. The van der Waals surface area contributed by atoms with E-state index in [1.54, 1.807) is 12.1 Å². The van der Waals surface area contributed by atoms with Gasteiger partial charge in [0.1, 0.15) is 0 Å². The van der Waals surface area contributed by atoms with E-state index in [1.807, 2.05) is 11.8 Å². The van der Waals surface area contributed by atoms with Gasteiger partial charge in [-0.1, -0.05) is 23.8 Å². The number of para-hydroxylation sites is 1. The molecule has 2 aromatic carbocycles. The van der Waals surface area contributed by atoms with Gasteiger partial charge in [-0.05, 0) is 25.1 Å². The molecule has 2 rings (SSSR count). The molecular weight excluding hydrogens is 322 g/mol. The molecule has 0 spiro atoms. The van der Waals surface area contributed by atoms with E-state index in [9.17, 15) is 23.6 Å². The summed E-state index contributed by atoms with van der Waals surface area (Å²) in [5.74, 6) is -0.587. The number of hydrazone groups is 1. The van der Waals surface area contributed by atoms with Crippen LogP contribution >= 0.6 is 0 Å². The minimum atomic E-state index is -3.85. The molecular formula is C14H13N3O5S. The van der Waals surface area contributed by atoms with Crippen molar-refractivity contribution in [1.82, 2.24) is 4.83 Å². The van der Waals surface area contributed by atoms with Crippen molar-refractivity contribution < 1.29 is 18.4 Å². The molecule has 9 heteroatoms. The number of hydrogen-bond acceptors (Lipinski definition) is 6. The van der Waals surface area contributed by atoms with E-state index in [0.29, 0.717) is 0 Å². The fraction of sp³-hybridized carbons (Fsp3) is 0.0714. The van der Waals surface area contributed by atoms with E-state index in [-0.39, 0.29) is 10.5 Å². The minimum Gasteiger partial charge on any atom is -0.502 e. The Balaban J connectivity index is 2.20. The number of nitro benzene ring substituents is 1. The predicted octanol–water partition coefficient (Wildman–Crippen LogP) is 1.92. The maximum atomic E-state index is 12.0. The molecule has 0 saturated carbocycles. The molecule has 0 aliphatic heterocycles. The highest BCUT2D eigenvalue weighted by Gasteiger charge is 2.16. The Labute approximate surface area is 132 Å². The van der Waals surface area contributed by atoms with Crippen LogP contribution in [0.25, 0.3) is 0 Å². The summed E-state index contributed by atoms with van der Waals surface area (Å²) in [4.78, 5) is 12.0. The van der Waals surface area contributed by atoms with Crippen molar-refractivity contribution in [3.63, 3.8) is 0 Å². The fourth-order valence-corrected chi connectivity index (χ4v) is 2.53. The summed E-state index contributed by atoms with van der Waals surface area (Å²) in [7, 11) is -3.85. The Bertz CT molecular complexity index is 860. The Morgan fingerprint density at radius 2 is 1.87 bits per heavy atom. The number of benzene rings is 2. The van der Waals surface area contributed by atoms with Gasteiger partial charge in [-0.3, -0.25) is 10.1 Å². The van der Waals surface area contributed by atoms with Gasteiger partial charge in [-0.2, -0.15) is 13.5 Å². The molecule has 0 bridgehead atoms. The summed E-state index contributed by atoms with van der Waals surface area (Å²) in [6, 6.07) is 9.99. The van der Waals surface area contributed by atoms with E-state index in [4.69, 9.17) is 0 Å². The van der Waals surface area contributed by atoms with Gasteiger partial charge < -0.3 is 5.11 Å². The Morgan fingerprint density at radius 1 is 1.22 bits per heavy atom. The summed E-state index contributed by atoms with van der Waals surface area (Å²) >= 11 is 0. The Kier molecular flexibility index (Phi) is 4.60. The van der Waals surface area contributed by atoms with Crippen molar-refractivity contribution in [2.75, 3.05) is 0 Å². The van der Waals surface area contributed by atoms with Gasteiger partial charge in [0, 0.05) is 11.6 Å². The van der Waals surface area contributed by atoms with Crippen LogP contribution in [0, 0.1) is 17.0 Å². The van der Waals surface area contributed by atoms with Gasteiger partial charge in [-0.15, -0.1) is 0 Å². The molecule has 0 radical (unpaired) electrons. The number of sulfonamides is 1. The van der Waals surface area contributed by atoms with Gasteiger partial charge in [0.2, 0.25) is 5.75 Å². The molecule has 0 unspecified atom stereocenters. The Morgan fingerprint density at radius 3 is 2.48 bits per heavy atom. The van der Waals surface area contributed by atoms with Gasteiger partial charge in [0.25, 0.3) is 10.0 Å². The molecule has 120 valence electrons. The number of phenolic OH excluding ortho intramolecular Hbond substituents is 1. The zero-order valence-electron chi connectivity index (χ0n) is 12.0. The van der Waals surface area contributed by atoms with Crippen LogP contribution in [0.5, 0.6) is 5.75 Å². The average Bonchev–Trinajstić information content (AvgIpc) is 2.49. The van der Waals surface area contributed by atoms with Gasteiger partial charge in [0.05, 0.1) is 16.0 Å². The maximum Gasteiger partial charge on any atom is 0.311 e. The lowest BCUT2D eigenvalue weighted by molar-refractivity contribution is -0.385. The van der Waals surface area contributed by atoms with Crippen molar-refractivity contribution in [2.45, 2.75) is 11.8 Å². The number of aryl methyl sites for hydroxylation is 1. The van der Waals surface area contributed by atoms with Crippen molar-refractivity contribution in [3.05, 3.63) is 63.7 Å². The van der Waals surface area contributed by atoms with Crippen LogP contribution in [0.4, 0.5) is 5.69 Å². The quantitative estimate of drug-likeness (QED) is 0.491. The van der Waals surface area contributed by atoms with Crippen LogP contribution < -0.4 is 4.83 Å². The molecule has 0 amide bonds. The van der Waals surface area contributed by atoms with Gasteiger partial charge >= 0.3 is 5.69 Å². The first-order valence-electron chi connectivity index (χ1n) is 6.39.